The maximum atomic E-state index is 12.3. The molecule has 0 N–H and O–H groups in total. The van der Waals surface area contributed by atoms with E-state index in [0.29, 0.717) is 11.5 Å². The summed E-state index contributed by atoms with van der Waals surface area (Å²) in [6.45, 7) is 1.70. The molecule has 1 aromatic carbocycles. The molecule has 4 aromatic rings. The number of ether oxygens (including phenoxy) is 1. The maximum Gasteiger partial charge on any atom is 0.338 e. The Kier molecular flexibility index (Phi) is 3.83. The lowest BCUT2D eigenvalue weighted by Crippen LogP contribution is -2.09. The largest absolute Gasteiger partial charge is 0.449 e. The molecule has 4 rings (SSSR count). The molecule has 0 aliphatic heterocycles. The number of nitrogens with zero attached hydrogens (tertiary/aromatic N) is 3. The van der Waals surface area contributed by atoms with Crippen LogP contribution in [0, 0.1) is 0 Å². The van der Waals surface area contributed by atoms with Gasteiger partial charge in [-0.3, -0.25) is 0 Å². The van der Waals surface area contributed by atoms with Gasteiger partial charge in [0.2, 0.25) is 0 Å². The van der Waals surface area contributed by atoms with Crippen molar-refractivity contribution < 1.29 is 13.9 Å². The van der Waals surface area contributed by atoms with Crippen LogP contribution in [0.3, 0.4) is 0 Å². The number of thiazole rings is 1. The summed E-state index contributed by atoms with van der Waals surface area (Å²) in [4.78, 5) is 17.4. The van der Waals surface area contributed by atoms with E-state index in [0.717, 1.165) is 15.1 Å². The van der Waals surface area contributed by atoms with Crippen LogP contribution in [0.25, 0.3) is 21.0 Å². The van der Waals surface area contributed by atoms with Crippen LogP contribution in [-0.4, -0.2) is 21.2 Å². The van der Waals surface area contributed by atoms with Crippen molar-refractivity contribution in [2.24, 2.45) is 0 Å². The first kappa shape index (κ1) is 15.0. The predicted molar refractivity (Wildman–Crippen MR) is 91.1 cm³/mol. The number of thiophene rings is 1. The number of benzene rings is 1. The van der Waals surface area contributed by atoms with Crippen LogP contribution in [0.15, 0.2) is 45.6 Å². The summed E-state index contributed by atoms with van der Waals surface area (Å²) < 4.78 is 12.0. The Bertz CT molecular complexity index is 991. The smallest absolute Gasteiger partial charge is 0.338 e. The van der Waals surface area contributed by atoms with Gasteiger partial charge in [0.15, 0.2) is 6.10 Å². The normalized spacial score (nSPS) is 12.4. The second kappa shape index (κ2) is 6.14. The molecule has 120 valence electrons. The van der Waals surface area contributed by atoms with E-state index in [1.54, 1.807) is 30.6 Å². The topological polar surface area (TPSA) is 78.1 Å². The first-order valence-electron chi connectivity index (χ1n) is 7.12. The minimum absolute atomic E-state index is 0.269. The molecule has 6 nitrogen and oxygen atoms in total. The minimum atomic E-state index is -0.629. The molecule has 24 heavy (non-hydrogen) atoms. The number of carbonyl (C=O) groups is 1. The zero-order valence-electron chi connectivity index (χ0n) is 12.5. The standard InChI is InChI=1S/C16H11N3O3S2/c1-9(14-18-19-15(22-14)12-3-2-6-23-12)21-16(20)10-4-5-11-13(7-10)24-8-17-11/h2-9H,1H3/t9-/m0/s1. The fraction of sp³-hybridized carbons (Fsp3) is 0.125. The van der Waals surface area contributed by atoms with Gasteiger partial charge in [0.25, 0.3) is 11.8 Å². The number of carbonyl (C=O) groups excluding carboxylic acids is 1. The summed E-state index contributed by atoms with van der Waals surface area (Å²) in [6.07, 6.45) is -0.629. The molecule has 0 amide bonds. The zero-order chi connectivity index (χ0) is 16.5. The van der Waals surface area contributed by atoms with Crippen molar-refractivity contribution in [3.8, 4) is 10.8 Å². The van der Waals surface area contributed by atoms with Crippen molar-refractivity contribution in [2.75, 3.05) is 0 Å². The van der Waals surface area contributed by atoms with Gasteiger partial charge in [-0.15, -0.1) is 32.9 Å². The van der Waals surface area contributed by atoms with Crippen molar-refractivity contribution in [1.82, 2.24) is 15.2 Å². The second-order valence-corrected chi connectivity index (χ2v) is 6.84. The average Bonchev–Trinajstić information content (AvgIpc) is 3.32. The molecule has 0 aliphatic rings. The maximum absolute atomic E-state index is 12.3. The lowest BCUT2D eigenvalue weighted by Gasteiger charge is -2.09. The number of fused-ring (bicyclic) bond motifs is 1. The Balaban J connectivity index is 1.50. The molecular formula is C16H11N3O3S2. The van der Waals surface area contributed by atoms with Gasteiger partial charge in [0.05, 0.1) is 26.2 Å². The molecular weight excluding hydrogens is 346 g/mol. The molecule has 0 fully saturated rings. The van der Waals surface area contributed by atoms with Crippen LogP contribution in [0.5, 0.6) is 0 Å². The molecule has 0 saturated carbocycles. The van der Waals surface area contributed by atoms with Crippen LogP contribution < -0.4 is 0 Å². The summed E-state index contributed by atoms with van der Waals surface area (Å²) >= 11 is 2.98. The summed E-state index contributed by atoms with van der Waals surface area (Å²) in [5.41, 5.74) is 3.08. The van der Waals surface area contributed by atoms with Gasteiger partial charge in [0, 0.05) is 0 Å². The minimum Gasteiger partial charge on any atom is -0.449 e. The Morgan fingerprint density at radius 3 is 3.00 bits per heavy atom. The summed E-state index contributed by atoms with van der Waals surface area (Å²) in [5.74, 6) is 0.258. The van der Waals surface area contributed by atoms with E-state index >= 15 is 0 Å². The van der Waals surface area contributed by atoms with E-state index in [-0.39, 0.29) is 5.89 Å². The summed E-state index contributed by atoms with van der Waals surface area (Å²) in [6, 6.07) is 9.06. The molecule has 0 radical (unpaired) electrons. The van der Waals surface area contributed by atoms with Crippen molar-refractivity contribution in [2.45, 2.75) is 13.0 Å². The lowest BCUT2D eigenvalue weighted by atomic mass is 10.2. The molecule has 0 aliphatic carbocycles. The Labute approximate surface area is 144 Å². The fourth-order valence-corrected chi connectivity index (χ4v) is 3.52. The molecule has 0 spiro atoms. The van der Waals surface area contributed by atoms with Crippen LogP contribution in [-0.2, 0) is 4.74 Å². The number of aromatic nitrogens is 3. The first-order chi connectivity index (χ1) is 11.7. The molecule has 0 saturated heterocycles. The van der Waals surface area contributed by atoms with Gasteiger partial charge in [0.1, 0.15) is 0 Å². The number of esters is 1. The highest BCUT2D eigenvalue weighted by Crippen LogP contribution is 2.26. The summed E-state index contributed by atoms with van der Waals surface area (Å²) in [7, 11) is 0. The molecule has 3 aromatic heterocycles. The molecule has 0 unspecified atom stereocenters. The highest BCUT2D eigenvalue weighted by molar-refractivity contribution is 7.16. The monoisotopic (exact) mass is 357 g/mol. The van der Waals surface area contributed by atoms with E-state index < -0.39 is 12.1 Å². The predicted octanol–water partition coefficient (Wildman–Crippen LogP) is 4.33. The van der Waals surface area contributed by atoms with Crippen molar-refractivity contribution in [3.05, 3.63) is 52.7 Å². The van der Waals surface area contributed by atoms with Crippen molar-refractivity contribution >= 4 is 38.9 Å². The Morgan fingerprint density at radius 2 is 2.17 bits per heavy atom. The highest BCUT2D eigenvalue weighted by Gasteiger charge is 2.20. The van der Waals surface area contributed by atoms with Gasteiger partial charge in [-0.25, -0.2) is 9.78 Å². The van der Waals surface area contributed by atoms with Crippen LogP contribution in [0.1, 0.15) is 29.3 Å². The van der Waals surface area contributed by atoms with E-state index in [1.807, 2.05) is 17.5 Å². The van der Waals surface area contributed by atoms with E-state index in [2.05, 4.69) is 15.2 Å². The van der Waals surface area contributed by atoms with Gasteiger partial charge >= 0.3 is 5.97 Å². The number of hydrogen-bond donors (Lipinski definition) is 0. The second-order valence-electron chi connectivity index (χ2n) is 5.01. The Morgan fingerprint density at radius 1 is 1.25 bits per heavy atom. The molecule has 0 bridgehead atoms. The quantitative estimate of drug-likeness (QED) is 0.506. The third kappa shape index (κ3) is 2.81. The molecule has 8 heteroatoms. The zero-order valence-corrected chi connectivity index (χ0v) is 14.1. The van der Waals surface area contributed by atoms with E-state index in [9.17, 15) is 4.79 Å². The molecule has 1 atom stereocenters. The van der Waals surface area contributed by atoms with Gasteiger partial charge in [-0.1, -0.05) is 6.07 Å². The van der Waals surface area contributed by atoms with Gasteiger partial charge in [-0.2, -0.15) is 0 Å². The van der Waals surface area contributed by atoms with Crippen LogP contribution in [0.2, 0.25) is 0 Å². The first-order valence-corrected chi connectivity index (χ1v) is 8.88. The number of rotatable bonds is 4. The van der Waals surface area contributed by atoms with E-state index in [1.165, 1.54) is 22.7 Å². The number of hydrogen-bond acceptors (Lipinski definition) is 8. The van der Waals surface area contributed by atoms with Crippen molar-refractivity contribution in [3.63, 3.8) is 0 Å². The van der Waals surface area contributed by atoms with Crippen molar-refractivity contribution in [1.29, 1.82) is 0 Å². The fourth-order valence-electron chi connectivity index (χ4n) is 2.16. The average molecular weight is 357 g/mol. The third-order valence-corrected chi connectivity index (χ3v) is 5.02. The Hall–Kier alpha value is -2.58. The lowest BCUT2D eigenvalue weighted by molar-refractivity contribution is 0.0280. The molecule has 3 heterocycles. The van der Waals surface area contributed by atoms with Crippen LogP contribution >= 0.6 is 22.7 Å². The summed E-state index contributed by atoms with van der Waals surface area (Å²) in [5, 5.41) is 9.88. The van der Waals surface area contributed by atoms with Crippen LogP contribution in [0.4, 0.5) is 0 Å². The van der Waals surface area contributed by atoms with Gasteiger partial charge in [-0.05, 0) is 36.6 Å². The highest BCUT2D eigenvalue weighted by atomic mass is 32.1. The SMILES string of the molecule is C[C@H](OC(=O)c1ccc2ncsc2c1)c1nnc(-c2cccs2)o1. The van der Waals surface area contributed by atoms with Gasteiger partial charge < -0.3 is 9.15 Å². The van der Waals surface area contributed by atoms with E-state index in [4.69, 9.17) is 9.15 Å². The third-order valence-electron chi connectivity index (χ3n) is 3.37.